The maximum absolute atomic E-state index is 12.9. The van der Waals surface area contributed by atoms with Gasteiger partial charge in [0.05, 0.1) is 11.9 Å². The van der Waals surface area contributed by atoms with Crippen LogP contribution in [0, 0.1) is 5.92 Å². The molecule has 43 heavy (non-hydrogen) atoms. The number of pyridine rings is 1. The third kappa shape index (κ3) is 10.3. The van der Waals surface area contributed by atoms with E-state index in [2.05, 4.69) is 29.7 Å². The first-order valence-electron chi connectivity index (χ1n) is 12.7. The second-order valence-electron chi connectivity index (χ2n) is 9.48. The van der Waals surface area contributed by atoms with Crippen molar-refractivity contribution in [3.05, 3.63) is 54.9 Å². The van der Waals surface area contributed by atoms with E-state index in [1.54, 1.807) is 12.4 Å². The molecule has 0 spiro atoms. The number of hydrogen-bond acceptors (Lipinski definition) is 7. The molecule has 0 radical (unpaired) electrons. The minimum absolute atomic E-state index is 0.125. The van der Waals surface area contributed by atoms with Crippen LogP contribution in [0.25, 0.3) is 11.1 Å². The van der Waals surface area contributed by atoms with Crippen molar-refractivity contribution < 1.29 is 50.9 Å². The first kappa shape index (κ1) is 32.8. The van der Waals surface area contributed by atoms with Gasteiger partial charge in [0.15, 0.2) is 0 Å². The summed E-state index contributed by atoms with van der Waals surface area (Å²) in [5.74, 6) is -4.19. The molecule has 0 aromatic carbocycles. The number of carboxylic acid groups (broad SMARTS) is 2. The summed E-state index contributed by atoms with van der Waals surface area (Å²) in [7, 11) is 0. The van der Waals surface area contributed by atoms with Gasteiger partial charge in [0.1, 0.15) is 5.69 Å². The summed E-state index contributed by atoms with van der Waals surface area (Å²) in [6.07, 6.45) is 3.79. The predicted molar refractivity (Wildman–Crippen MR) is 139 cm³/mol. The molecule has 1 amide bonds. The van der Waals surface area contributed by atoms with Crippen LogP contribution in [0.1, 0.15) is 36.2 Å². The predicted octanol–water partition coefficient (Wildman–Crippen LogP) is 4.87. The fourth-order valence-electron chi connectivity index (χ4n) is 3.77. The summed E-state index contributed by atoms with van der Waals surface area (Å²) in [4.78, 5) is 46.1. The molecule has 2 fully saturated rings. The van der Waals surface area contributed by atoms with Crippen LogP contribution in [0.2, 0.25) is 0 Å². The fraction of sp³-hybridized carbons (Fsp3) is 0.385. The van der Waals surface area contributed by atoms with Gasteiger partial charge in [0, 0.05) is 55.5 Å². The van der Waals surface area contributed by atoms with Crippen LogP contribution >= 0.6 is 0 Å². The number of alkyl halides is 6. The lowest BCUT2D eigenvalue weighted by Crippen LogP contribution is -2.21. The lowest BCUT2D eigenvalue weighted by Gasteiger charge is -2.14. The second-order valence-corrected chi connectivity index (χ2v) is 9.48. The molecule has 0 bridgehead atoms. The van der Waals surface area contributed by atoms with Gasteiger partial charge < -0.3 is 25.0 Å². The van der Waals surface area contributed by atoms with Gasteiger partial charge in [0.25, 0.3) is 5.91 Å². The number of halogens is 6. The highest BCUT2D eigenvalue weighted by molar-refractivity contribution is 6.04. The van der Waals surface area contributed by atoms with Crippen LogP contribution in [0.15, 0.2) is 49.2 Å². The maximum Gasteiger partial charge on any atom is 0.490 e. The molecule has 0 atom stereocenters. The van der Waals surface area contributed by atoms with Crippen LogP contribution in [0.3, 0.4) is 0 Å². The molecule has 5 rings (SSSR count). The molecule has 3 aromatic heterocycles. The smallest absolute Gasteiger partial charge is 0.475 e. The molecule has 2 aliphatic rings. The fourth-order valence-corrected chi connectivity index (χ4v) is 3.77. The maximum atomic E-state index is 12.9. The van der Waals surface area contributed by atoms with Crippen molar-refractivity contribution in [3.63, 3.8) is 0 Å². The Labute approximate surface area is 240 Å². The Morgan fingerprint density at radius 3 is 1.93 bits per heavy atom. The summed E-state index contributed by atoms with van der Waals surface area (Å²) in [6, 6.07) is 5.58. The van der Waals surface area contributed by atoms with Crippen molar-refractivity contribution in [2.45, 2.75) is 44.6 Å². The Hall–Kier alpha value is -4.70. The number of nitrogens with one attached hydrogen (secondary N) is 1. The molecule has 3 N–H and O–H groups in total. The quantitative estimate of drug-likeness (QED) is 0.330. The second kappa shape index (κ2) is 14.0. The van der Waals surface area contributed by atoms with Crippen molar-refractivity contribution in [2.24, 2.45) is 5.92 Å². The Bertz CT molecular complexity index is 1360. The van der Waals surface area contributed by atoms with Gasteiger partial charge in [-0.05, 0) is 49.8 Å². The number of amides is 1. The molecule has 0 unspecified atom stereocenters. The number of aliphatic carboxylic acids is 2. The molecule has 4 heterocycles. The molecule has 1 saturated heterocycles. The standard InChI is InChI=1S/C22H24N6O.2C2HF3O2/c29-21(26-19-4-3-7-23-13-19)20-10-17(15-28(20)14-16-5-6-16)18-11-24-22(25-12-18)27-8-1-2-9-27;2*3-2(4,5)1(6)7/h3-4,7,10-13,15-16H,1-2,5-6,8-9,14H2,(H,26,29);2*(H,6,7). The van der Waals surface area contributed by atoms with E-state index < -0.39 is 24.3 Å². The number of aromatic nitrogens is 4. The van der Waals surface area contributed by atoms with E-state index in [9.17, 15) is 31.1 Å². The van der Waals surface area contributed by atoms with Gasteiger partial charge >= 0.3 is 24.3 Å². The van der Waals surface area contributed by atoms with Crippen molar-refractivity contribution in [1.82, 2.24) is 19.5 Å². The average Bonchev–Trinajstić information content (AvgIpc) is 3.40. The van der Waals surface area contributed by atoms with E-state index >= 15 is 0 Å². The third-order valence-corrected chi connectivity index (χ3v) is 6.05. The normalized spacial score (nSPS) is 14.6. The molecular formula is C26H26F6N6O5. The number of carbonyl (C=O) groups is 3. The number of anilines is 2. The zero-order valence-electron chi connectivity index (χ0n) is 22.3. The average molecular weight is 617 g/mol. The SMILES string of the molecule is O=C(Nc1cccnc1)c1cc(-c2cnc(N3CCCC3)nc2)cn1CC1CC1.O=C(O)C(F)(F)F.O=C(O)C(F)(F)F. The molecule has 232 valence electrons. The first-order chi connectivity index (χ1) is 20.1. The summed E-state index contributed by atoms with van der Waals surface area (Å²) >= 11 is 0. The van der Waals surface area contributed by atoms with Gasteiger partial charge in [0.2, 0.25) is 5.95 Å². The van der Waals surface area contributed by atoms with Gasteiger partial charge in [-0.1, -0.05) is 0 Å². The highest BCUT2D eigenvalue weighted by atomic mass is 19.4. The van der Waals surface area contributed by atoms with Crippen molar-refractivity contribution >= 4 is 29.5 Å². The summed E-state index contributed by atoms with van der Waals surface area (Å²) in [5.41, 5.74) is 3.24. The van der Waals surface area contributed by atoms with Crippen LogP contribution < -0.4 is 10.2 Å². The third-order valence-electron chi connectivity index (χ3n) is 6.05. The largest absolute Gasteiger partial charge is 0.490 e. The van der Waals surface area contributed by atoms with Crippen LogP contribution in [0.4, 0.5) is 38.0 Å². The Balaban J connectivity index is 0.000000303. The number of rotatable bonds is 6. The Morgan fingerprint density at radius 2 is 1.47 bits per heavy atom. The Kier molecular flexibility index (Phi) is 10.7. The van der Waals surface area contributed by atoms with Crippen molar-refractivity contribution in [2.75, 3.05) is 23.3 Å². The lowest BCUT2D eigenvalue weighted by molar-refractivity contribution is -0.193. The zero-order chi connectivity index (χ0) is 31.8. The Morgan fingerprint density at radius 1 is 0.907 bits per heavy atom. The van der Waals surface area contributed by atoms with E-state index in [-0.39, 0.29) is 5.91 Å². The number of nitrogens with zero attached hydrogens (tertiary/aromatic N) is 5. The summed E-state index contributed by atoms with van der Waals surface area (Å²) < 4.78 is 65.5. The number of carboxylic acids is 2. The van der Waals surface area contributed by atoms with Crippen LogP contribution in [-0.2, 0) is 16.1 Å². The van der Waals surface area contributed by atoms with Gasteiger partial charge in [-0.15, -0.1) is 0 Å². The van der Waals surface area contributed by atoms with Crippen molar-refractivity contribution in [3.8, 4) is 11.1 Å². The van der Waals surface area contributed by atoms with E-state index in [0.717, 1.165) is 36.7 Å². The first-order valence-corrected chi connectivity index (χ1v) is 12.7. The van der Waals surface area contributed by atoms with Gasteiger partial charge in [-0.25, -0.2) is 19.6 Å². The molecular weight excluding hydrogens is 590 g/mol. The zero-order valence-corrected chi connectivity index (χ0v) is 22.3. The van der Waals surface area contributed by atoms with Gasteiger partial charge in [-0.2, -0.15) is 26.3 Å². The van der Waals surface area contributed by atoms with E-state index in [1.165, 1.54) is 25.7 Å². The molecule has 1 aliphatic carbocycles. The van der Waals surface area contributed by atoms with E-state index in [1.807, 2.05) is 36.8 Å². The van der Waals surface area contributed by atoms with Crippen molar-refractivity contribution in [1.29, 1.82) is 0 Å². The topological polar surface area (TPSA) is 151 Å². The van der Waals surface area contributed by atoms with E-state index in [0.29, 0.717) is 17.3 Å². The van der Waals surface area contributed by atoms with Gasteiger partial charge in [-0.3, -0.25) is 9.78 Å². The molecule has 1 aliphatic heterocycles. The minimum Gasteiger partial charge on any atom is -0.475 e. The van der Waals surface area contributed by atoms with Crippen LogP contribution in [0.5, 0.6) is 0 Å². The minimum atomic E-state index is -5.08. The summed E-state index contributed by atoms with van der Waals surface area (Å²) in [5, 5.41) is 17.2. The highest BCUT2D eigenvalue weighted by Gasteiger charge is 2.38. The molecule has 1 saturated carbocycles. The monoisotopic (exact) mass is 616 g/mol. The summed E-state index contributed by atoms with van der Waals surface area (Å²) in [6.45, 7) is 2.91. The molecule has 11 nitrogen and oxygen atoms in total. The van der Waals surface area contributed by atoms with E-state index in [4.69, 9.17) is 19.8 Å². The number of carbonyl (C=O) groups excluding carboxylic acids is 1. The lowest BCUT2D eigenvalue weighted by atomic mass is 10.2. The number of hydrogen-bond donors (Lipinski definition) is 3. The molecule has 3 aromatic rings. The molecule has 17 heteroatoms. The highest BCUT2D eigenvalue weighted by Crippen LogP contribution is 2.33. The van der Waals surface area contributed by atoms with Crippen LogP contribution in [-0.4, -0.2) is 73.0 Å².